The van der Waals surface area contributed by atoms with Gasteiger partial charge in [-0.05, 0) is 40.0 Å². The lowest BCUT2D eigenvalue weighted by Gasteiger charge is -2.40. The molecule has 16 heavy (non-hydrogen) atoms. The lowest BCUT2D eigenvalue weighted by Crippen LogP contribution is -2.45. The van der Waals surface area contributed by atoms with Gasteiger partial charge in [-0.15, -0.1) is 0 Å². The Morgan fingerprint density at radius 3 is 2.56 bits per heavy atom. The Labute approximate surface area is 99.5 Å². The van der Waals surface area contributed by atoms with E-state index in [0.717, 1.165) is 39.1 Å². The van der Waals surface area contributed by atoms with Crippen LogP contribution in [0.4, 0.5) is 0 Å². The van der Waals surface area contributed by atoms with Gasteiger partial charge in [0, 0.05) is 26.2 Å². The Hall–Kier alpha value is -0.120. The molecule has 0 N–H and O–H groups in total. The molecule has 1 saturated carbocycles. The molecule has 0 amide bonds. The molecule has 3 heteroatoms. The zero-order valence-electron chi connectivity index (χ0n) is 11.0. The van der Waals surface area contributed by atoms with Gasteiger partial charge in [0.25, 0.3) is 0 Å². The Kier molecular flexibility index (Phi) is 6.32. The average Bonchev–Trinajstić information content (AvgIpc) is 2.28. The van der Waals surface area contributed by atoms with Gasteiger partial charge in [-0.1, -0.05) is 0 Å². The van der Waals surface area contributed by atoms with Crippen LogP contribution < -0.4 is 0 Å². The molecular formula is C13H26O3. The molecule has 0 aromatic heterocycles. The standard InChI is InChI=1S/C13H26O3/c1-4-14-11-13(16-6-3)9-7-8-12(10-13)15-5-2/h12H,4-11H2,1-3H3. The van der Waals surface area contributed by atoms with E-state index in [1.807, 2.05) is 6.92 Å². The molecule has 0 radical (unpaired) electrons. The van der Waals surface area contributed by atoms with Crippen molar-refractivity contribution >= 4 is 0 Å². The van der Waals surface area contributed by atoms with Gasteiger partial charge >= 0.3 is 0 Å². The fourth-order valence-corrected chi connectivity index (χ4v) is 2.55. The van der Waals surface area contributed by atoms with Crippen molar-refractivity contribution in [2.45, 2.75) is 58.2 Å². The summed E-state index contributed by atoms with van der Waals surface area (Å²) in [7, 11) is 0. The SMILES string of the molecule is CCOCC1(OCC)CCCC(OCC)C1. The van der Waals surface area contributed by atoms with E-state index >= 15 is 0 Å². The van der Waals surface area contributed by atoms with Gasteiger partial charge in [0.1, 0.15) is 0 Å². The molecule has 1 rings (SSSR count). The quantitative estimate of drug-likeness (QED) is 0.673. The highest BCUT2D eigenvalue weighted by Crippen LogP contribution is 2.33. The lowest BCUT2D eigenvalue weighted by molar-refractivity contribution is -0.141. The van der Waals surface area contributed by atoms with Gasteiger partial charge in [0.2, 0.25) is 0 Å². The first-order valence-electron chi connectivity index (χ1n) is 6.59. The van der Waals surface area contributed by atoms with E-state index in [4.69, 9.17) is 14.2 Å². The first-order chi connectivity index (χ1) is 7.76. The van der Waals surface area contributed by atoms with Gasteiger partial charge < -0.3 is 14.2 Å². The van der Waals surface area contributed by atoms with E-state index in [1.54, 1.807) is 0 Å². The molecule has 1 aliphatic rings. The number of ether oxygens (including phenoxy) is 3. The first kappa shape index (κ1) is 13.9. The van der Waals surface area contributed by atoms with Crippen molar-refractivity contribution in [3.8, 4) is 0 Å². The fourth-order valence-electron chi connectivity index (χ4n) is 2.55. The summed E-state index contributed by atoms with van der Waals surface area (Å²) < 4.78 is 17.2. The second kappa shape index (κ2) is 7.25. The van der Waals surface area contributed by atoms with Crippen LogP contribution in [0.2, 0.25) is 0 Å². The Balaban J connectivity index is 2.52. The molecule has 2 unspecified atom stereocenters. The smallest absolute Gasteiger partial charge is 0.0939 e. The maximum Gasteiger partial charge on any atom is 0.0939 e. The van der Waals surface area contributed by atoms with Gasteiger partial charge in [-0.3, -0.25) is 0 Å². The Bertz CT molecular complexity index is 178. The minimum Gasteiger partial charge on any atom is -0.379 e. The van der Waals surface area contributed by atoms with E-state index in [9.17, 15) is 0 Å². The van der Waals surface area contributed by atoms with E-state index in [2.05, 4.69) is 13.8 Å². The van der Waals surface area contributed by atoms with E-state index in [0.29, 0.717) is 12.7 Å². The van der Waals surface area contributed by atoms with Gasteiger partial charge in [0.05, 0.1) is 18.3 Å². The van der Waals surface area contributed by atoms with Crippen LogP contribution in [0.25, 0.3) is 0 Å². The van der Waals surface area contributed by atoms with Crippen molar-refractivity contribution in [1.29, 1.82) is 0 Å². The summed E-state index contributed by atoms with van der Waals surface area (Å²) in [5, 5.41) is 0. The van der Waals surface area contributed by atoms with E-state index in [-0.39, 0.29) is 5.60 Å². The largest absolute Gasteiger partial charge is 0.379 e. The van der Waals surface area contributed by atoms with Crippen LogP contribution in [0.1, 0.15) is 46.5 Å². The fraction of sp³-hybridized carbons (Fsp3) is 1.00. The van der Waals surface area contributed by atoms with Gasteiger partial charge in [0.15, 0.2) is 0 Å². The highest BCUT2D eigenvalue weighted by atomic mass is 16.5. The molecule has 0 saturated heterocycles. The molecule has 2 atom stereocenters. The Morgan fingerprint density at radius 2 is 1.94 bits per heavy atom. The summed E-state index contributed by atoms with van der Waals surface area (Å²) in [6.45, 7) is 9.16. The van der Waals surface area contributed by atoms with Gasteiger partial charge in [-0.2, -0.15) is 0 Å². The van der Waals surface area contributed by atoms with Crippen LogP contribution in [0, 0.1) is 0 Å². The highest BCUT2D eigenvalue weighted by molar-refractivity contribution is 4.89. The van der Waals surface area contributed by atoms with Crippen LogP contribution in [-0.2, 0) is 14.2 Å². The van der Waals surface area contributed by atoms with Crippen LogP contribution in [0.15, 0.2) is 0 Å². The van der Waals surface area contributed by atoms with E-state index < -0.39 is 0 Å². The molecule has 3 nitrogen and oxygen atoms in total. The molecule has 0 aromatic rings. The Morgan fingerprint density at radius 1 is 1.12 bits per heavy atom. The van der Waals surface area contributed by atoms with Crippen molar-refractivity contribution < 1.29 is 14.2 Å². The maximum absolute atomic E-state index is 5.94. The summed E-state index contributed by atoms with van der Waals surface area (Å²) in [5.74, 6) is 0. The van der Waals surface area contributed by atoms with Crippen molar-refractivity contribution in [2.75, 3.05) is 26.4 Å². The van der Waals surface area contributed by atoms with Crippen LogP contribution in [0.5, 0.6) is 0 Å². The molecule has 1 fully saturated rings. The predicted octanol–water partition coefficient (Wildman–Crippen LogP) is 2.78. The molecule has 0 aliphatic heterocycles. The second-order valence-electron chi connectivity index (χ2n) is 4.43. The molecule has 96 valence electrons. The van der Waals surface area contributed by atoms with Crippen LogP contribution in [-0.4, -0.2) is 38.1 Å². The predicted molar refractivity (Wildman–Crippen MR) is 64.7 cm³/mol. The number of hydrogen-bond acceptors (Lipinski definition) is 3. The lowest BCUT2D eigenvalue weighted by atomic mass is 9.83. The molecule has 0 bridgehead atoms. The summed E-state index contributed by atoms with van der Waals surface area (Å²) in [6.07, 6.45) is 4.77. The normalized spacial score (nSPS) is 30.6. The third kappa shape index (κ3) is 4.04. The zero-order valence-corrected chi connectivity index (χ0v) is 11.0. The zero-order chi connectivity index (χ0) is 11.9. The van der Waals surface area contributed by atoms with E-state index in [1.165, 1.54) is 6.42 Å². The third-order valence-electron chi connectivity index (χ3n) is 3.18. The summed E-state index contributed by atoms with van der Waals surface area (Å²) in [5.41, 5.74) is -0.0944. The molecule has 0 aromatic carbocycles. The summed E-state index contributed by atoms with van der Waals surface area (Å²) >= 11 is 0. The topological polar surface area (TPSA) is 27.7 Å². The molecule has 0 heterocycles. The summed E-state index contributed by atoms with van der Waals surface area (Å²) in [6, 6.07) is 0. The summed E-state index contributed by atoms with van der Waals surface area (Å²) in [4.78, 5) is 0. The monoisotopic (exact) mass is 230 g/mol. The molecular weight excluding hydrogens is 204 g/mol. The second-order valence-corrected chi connectivity index (χ2v) is 4.43. The third-order valence-corrected chi connectivity index (χ3v) is 3.18. The average molecular weight is 230 g/mol. The van der Waals surface area contributed by atoms with Crippen molar-refractivity contribution in [3.05, 3.63) is 0 Å². The number of rotatable bonds is 7. The molecule has 0 spiro atoms. The minimum atomic E-state index is -0.0944. The van der Waals surface area contributed by atoms with Crippen LogP contribution >= 0.6 is 0 Å². The van der Waals surface area contributed by atoms with Crippen molar-refractivity contribution in [2.24, 2.45) is 0 Å². The minimum absolute atomic E-state index is 0.0944. The highest BCUT2D eigenvalue weighted by Gasteiger charge is 2.37. The van der Waals surface area contributed by atoms with Crippen LogP contribution in [0.3, 0.4) is 0 Å². The number of hydrogen-bond donors (Lipinski definition) is 0. The van der Waals surface area contributed by atoms with Gasteiger partial charge in [-0.25, -0.2) is 0 Å². The molecule has 1 aliphatic carbocycles. The maximum atomic E-state index is 5.94. The first-order valence-corrected chi connectivity index (χ1v) is 6.59. The van der Waals surface area contributed by atoms with Crippen molar-refractivity contribution in [1.82, 2.24) is 0 Å². The van der Waals surface area contributed by atoms with Crippen molar-refractivity contribution in [3.63, 3.8) is 0 Å².